The van der Waals surface area contributed by atoms with Gasteiger partial charge in [-0.2, -0.15) is 0 Å². The Morgan fingerprint density at radius 2 is 2.07 bits per heavy atom. The molecule has 0 saturated carbocycles. The predicted octanol–water partition coefficient (Wildman–Crippen LogP) is 2.36. The highest BCUT2D eigenvalue weighted by Crippen LogP contribution is 2.27. The Morgan fingerprint density at radius 3 is 2.78 bits per heavy atom. The van der Waals surface area contributed by atoms with E-state index in [0.717, 1.165) is 11.3 Å². The quantitative estimate of drug-likeness (QED) is 0.607. The van der Waals surface area contributed by atoms with Crippen molar-refractivity contribution in [3.8, 4) is 0 Å². The molecule has 3 aromatic rings. The van der Waals surface area contributed by atoms with Crippen LogP contribution in [0.1, 0.15) is 22.3 Å². The Hall–Kier alpha value is -2.76. The third kappa shape index (κ3) is 5.12. The summed E-state index contributed by atoms with van der Waals surface area (Å²) in [5.74, 6) is -0.294. The fraction of sp³-hybridized carbons (Fsp3) is 0.125. The smallest absolute Gasteiger partial charge is 0.321 e. The molecule has 0 bridgehead atoms. The lowest BCUT2D eigenvalue weighted by molar-refractivity contribution is 0.251. The van der Waals surface area contributed by atoms with Gasteiger partial charge in [-0.05, 0) is 34.8 Å². The summed E-state index contributed by atoms with van der Waals surface area (Å²) in [5, 5.41) is 5.68. The van der Waals surface area contributed by atoms with Gasteiger partial charge in [-0.3, -0.25) is 9.53 Å². The van der Waals surface area contributed by atoms with E-state index < -0.39 is 22.4 Å². The molecule has 1 aromatic carbocycles. The van der Waals surface area contributed by atoms with Crippen molar-refractivity contribution in [1.82, 2.24) is 20.3 Å². The van der Waals surface area contributed by atoms with Crippen LogP contribution in [-0.4, -0.2) is 29.7 Å². The molecule has 3 rings (SSSR count). The largest absolute Gasteiger partial charge is 0.771 e. The van der Waals surface area contributed by atoms with Gasteiger partial charge in [0.1, 0.15) is 16.9 Å². The first-order valence-electron chi connectivity index (χ1n) is 7.62. The Balaban J connectivity index is 1.64. The number of thiazole rings is 1. The standard InChI is InChI=1S/C16H14FN5O3S2/c17-11-4-1-3-10(7-11)8-20-15(23)22-16-21-12(9-26-16)13(27(24)25)14-18-5-2-6-19-14/h1-7,9,13H,8H2,(H,24,25)(H2,20,21,22,23)/p-1. The molecule has 140 valence electrons. The first kappa shape index (κ1) is 19.0. The number of rotatable bonds is 6. The van der Waals surface area contributed by atoms with Gasteiger partial charge in [0.05, 0.1) is 5.69 Å². The molecule has 0 spiro atoms. The van der Waals surface area contributed by atoms with Crippen LogP contribution in [0.3, 0.4) is 0 Å². The average molecular weight is 406 g/mol. The maximum atomic E-state index is 13.1. The van der Waals surface area contributed by atoms with Crippen molar-refractivity contribution < 1.29 is 17.9 Å². The number of amides is 2. The SMILES string of the molecule is O=C(NCc1cccc(F)c1)Nc1nc(C(c2ncccn2)S(=O)[O-])cs1. The number of urea groups is 1. The molecule has 11 heteroatoms. The molecule has 2 amide bonds. The van der Waals surface area contributed by atoms with Gasteiger partial charge in [-0.1, -0.05) is 12.1 Å². The van der Waals surface area contributed by atoms with Crippen molar-refractivity contribution in [1.29, 1.82) is 0 Å². The summed E-state index contributed by atoms with van der Waals surface area (Å²) < 4.78 is 36.3. The number of carbonyl (C=O) groups excluding carboxylic acids is 1. The van der Waals surface area contributed by atoms with Crippen LogP contribution < -0.4 is 10.6 Å². The molecule has 0 fully saturated rings. The van der Waals surface area contributed by atoms with E-state index in [0.29, 0.717) is 5.56 Å². The van der Waals surface area contributed by atoms with Gasteiger partial charge in [0.2, 0.25) is 0 Å². The predicted molar refractivity (Wildman–Crippen MR) is 97.2 cm³/mol. The van der Waals surface area contributed by atoms with Gasteiger partial charge in [-0.15, -0.1) is 11.3 Å². The maximum Gasteiger partial charge on any atom is 0.321 e. The summed E-state index contributed by atoms with van der Waals surface area (Å²) in [5.41, 5.74) is 0.813. The number of anilines is 1. The van der Waals surface area contributed by atoms with Crippen LogP contribution in [0.2, 0.25) is 0 Å². The van der Waals surface area contributed by atoms with Crippen LogP contribution in [0.5, 0.6) is 0 Å². The fourth-order valence-electron chi connectivity index (χ4n) is 2.20. The van der Waals surface area contributed by atoms with Gasteiger partial charge in [-0.25, -0.2) is 24.1 Å². The number of benzene rings is 1. The van der Waals surface area contributed by atoms with Crippen LogP contribution >= 0.6 is 11.3 Å². The molecule has 2 heterocycles. The summed E-state index contributed by atoms with van der Waals surface area (Å²) in [7, 11) is 0. The van der Waals surface area contributed by atoms with Gasteiger partial charge < -0.3 is 9.87 Å². The van der Waals surface area contributed by atoms with Crippen LogP contribution in [0.15, 0.2) is 48.1 Å². The van der Waals surface area contributed by atoms with E-state index in [2.05, 4.69) is 25.6 Å². The van der Waals surface area contributed by atoms with E-state index in [4.69, 9.17) is 0 Å². The normalized spacial score (nSPS) is 13.0. The van der Waals surface area contributed by atoms with Crippen LogP contribution in [0.4, 0.5) is 14.3 Å². The Bertz CT molecular complexity index is 954. The Morgan fingerprint density at radius 1 is 1.30 bits per heavy atom. The minimum atomic E-state index is -2.53. The molecular weight excluding hydrogens is 393 g/mol. The highest BCUT2D eigenvalue weighted by molar-refractivity contribution is 7.79. The van der Waals surface area contributed by atoms with E-state index >= 15 is 0 Å². The molecule has 2 N–H and O–H groups in total. The van der Waals surface area contributed by atoms with Crippen molar-refractivity contribution in [2.75, 3.05) is 5.32 Å². The molecule has 0 aliphatic rings. The first-order valence-corrected chi connectivity index (χ1v) is 9.64. The lowest BCUT2D eigenvalue weighted by atomic mass is 10.2. The van der Waals surface area contributed by atoms with E-state index in [1.165, 1.54) is 29.9 Å². The van der Waals surface area contributed by atoms with Gasteiger partial charge >= 0.3 is 6.03 Å². The van der Waals surface area contributed by atoms with E-state index in [1.807, 2.05) is 0 Å². The third-order valence-electron chi connectivity index (χ3n) is 3.37. The second-order valence-corrected chi connectivity index (χ2v) is 7.11. The van der Waals surface area contributed by atoms with Crippen molar-refractivity contribution in [3.63, 3.8) is 0 Å². The summed E-state index contributed by atoms with van der Waals surface area (Å²) in [6.07, 6.45) is 2.88. The summed E-state index contributed by atoms with van der Waals surface area (Å²) in [4.78, 5) is 24.0. The molecule has 2 aromatic heterocycles. The number of carbonyl (C=O) groups is 1. The Kier molecular flexibility index (Phi) is 6.16. The molecule has 2 unspecified atom stereocenters. The molecular formula is C16H13FN5O3S2-. The van der Waals surface area contributed by atoms with Gasteiger partial charge in [0, 0.05) is 24.3 Å². The zero-order chi connectivity index (χ0) is 19.2. The monoisotopic (exact) mass is 406 g/mol. The molecule has 0 aliphatic heterocycles. The molecule has 0 aliphatic carbocycles. The number of nitrogens with zero attached hydrogens (tertiary/aromatic N) is 3. The first-order chi connectivity index (χ1) is 13.0. The highest BCUT2D eigenvalue weighted by atomic mass is 32.2. The van der Waals surface area contributed by atoms with Gasteiger partial charge in [0.25, 0.3) is 0 Å². The number of hydrogen-bond acceptors (Lipinski definition) is 7. The summed E-state index contributed by atoms with van der Waals surface area (Å²) in [6, 6.07) is 6.88. The second kappa shape index (κ2) is 8.75. The zero-order valence-corrected chi connectivity index (χ0v) is 15.3. The molecule has 0 saturated heterocycles. The minimum Gasteiger partial charge on any atom is -0.771 e. The third-order valence-corrected chi connectivity index (χ3v) is 4.98. The average Bonchev–Trinajstić information content (AvgIpc) is 3.08. The lowest BCUT2D eigenvalue weighted by Crippen LogP contribution is -2.28. The number of hydrogen-bond donors (Lipinski definition) is 2. The molecule has 8 nitrogen and oxygen atoms in total. The topological polar surface area (TPSA) is 120 Å². The van der Waals surface area contributed by atoms with Crippen molar-refractivity contribution in [2.24, 2.45) is 0 Å². The van der Waals surface area contributed by atoms with Crippen LogP contribution in [-0.2, 0) is 17.6 Å². The highest BCUT2D eigenvalue weighted by Gasteiger charge is 2.21. The fourth-order valence-corrected chi connectivity index (χ4v) is 3.63. The maximum absolute atomic E-state index is 13.1. The number of halogens is 1. The van der Waals surface area contributed by atoms with E-state index in [9.17, 15) is 17.9 Å². The number of aromatic nitrogens is 3. The number of nitrogens with one attached hydrogen (secondary N) is 2. The molecule has 27 heavy (non-hydrogen) atoms. The summed E-state index contributed by atoms with van der Waals surface area (Å²) >= 11 is -1.46. The lowest BCUT2D eigenvalue weighted by Gasteiger charge is -2.15. The zero-order valence-electron chi connectivity index (χ0n) is 13.7. The van der Waals surface area contributed by atoms with Gasteiger partial charge in [0.15, 0.2) is 5.13 Å². The van der Waals surface area contributed by atoms with E-state index in [-0.39, 0.29) is 29.0 Å². The minimum absolute atomic E-state index is 0.0956. The summed E-state index contributed by atoms with van der Waals surface area (Å²) in [6.45, 7) is 0.132. The Labute approximate surface area is 160 Å². The molecule has 2 atom stereocenters. The van der Waals surface area contributed by atoms with Crippen LogP contribution in [0, 0.1) is 5.82 Å². The van der Waals surface area contributed by atoms with E-state index in [1.54, 1.807) is 18.2 Å². The van der Waals surface area contributed by atoms with Crippen molar-refractivity contribution >= 4 is 33.6 Å². The van der Waals surface area contributed by atoms with Crippen molar-refractivity contribution in [2.45, 2.75) is 11.8 Å². The van der Waals surface area contributed by atoms with Crippen LogP contribution in [0.25, 0.3) is 0 Å². The molecule has 0 radical (unpaired) electrons. The second-order valence-electron chi connectivity index (χ2n) is 5.26. The van der Waals surface area contributed by atoms with Crippen molar-refractivity contribution in [3.05, 3.63) is 71.0 Å².